The van der Waals surface area contributed by atoms with E-state index in [4.69, 9.17) is 14.2 Å². The third kappa shape index (κ3) is 3.97. The standard InChI is InChI=1S/C20H27N3O6S/c1-13-18(20(24)23-8-10-29-11-9-23)19(14(2)22(13)3)30(25,26)21-16-12-15(27-4)6-7-17(16)28-5/h6-7,12,21H,8-11H2,1-5H3. The predicted octanol–water partition coefficient (Wildman–Crippen LogP) is 1.93. The van der Waals surface area contributed by atoms with Crippen LogP contribution in [0.15, 0.2) is 23.1 Å². The molecule has 1 aromatic carbocycles. The van der Waals surface area contributed by atoms with E-state index in [0.717, 1.165) is 0 Å². The normalized spacial score (nSPS) is 14.5. The maximum Gasteiger partial charge on any atom is 0.264 e. The van der Waals surface area contributed by atoms with E-state index >= 15 is 0 Å². The first-order valence-corrected chi connectivity index (χ1v) is 11.0. The Morgan fingerprint density at radius 2 is 1.77 bits per heavy atom. The van der Waals surface area contributed by atoms with Crippen molar-refractivity contribution in [2.24, 2.45) is 7.05 Å². The number of nitrogens with one attached hydrogen (secondary N) is 1. The van der Waals surface area contributed by atoms with Gasteiger partial charge in [0.1, 0.15) is 16.4 Å². The molecule has 1 aliphatic heterocycles. The van der Waals surface area contributed by atoms with Gasteiger partial charge in [-0.1, -0.05) is 0 Å². The first kappa shape index (κ1) is 22.0. The molecular weight excluding hydrogens is 410 g/mol. The van der Waals surface area contributed by atoms with Crippen LogP contribution in [-0.2, 0) is 21.8 Å². The Morgan fingerprint density at radius 3 is 2.37 bits per heavy atom. The van der Waals surface area contributed by atoms with Crippen molar-refractivity contribution in [2.75, 3.05) is 45.2 Å². The first-order chi connectivity index (χ1) is 14.2. The van der Waals surface area contributed by atoms with Crippen LogP contribution in [0, 0.1) is 13.8 Å². The molecule has 10 heteroatoms. The van der Waals surface area contributed by atoms with Gasteiger partial charge in [-0.2, -0.15) is 0 Å². The lowest BCUT2D eigenvalue weighted by molar-refractivity contribution is 0.0300. The summed E-state index contributed by atoms with van der Waals surface area (Å²) in [5.41, 5.74) is 1.45. The number of ether oxygens (including phenoxy) is 3. The lowest BCUT2D eigenvalue weighted by Gasteiger charge is -2.27. The second kappa shape index (κ2) is 8.57. The Hall–Kier alpha value is -2.72. The molecule has 2 aromatic rings. The second-order valence-corrected chi connectivity index (χ2v) is 8.63. The summed E-state index contributed by atoms with van der Waals surface area (Å²) < 4.78 is 47.0. The summed E-state index contributed by atoms with van der Waals surface area (Å²) in [5, 5.41) is 0. The average molecular weight is 438 g/mol. The number of aromatic nitrogens is 1. The summed E-state index contributed by atoms with van der Waals surface area (Å²) in [6.07, 6.45) is 0. The zero-order valence-electron chi connectivity index (χ0n) is 17.8. The number of carbonyl (C=O) groups excluding carboxylic acids is 1. The van der Waals surface area contributed by atoms with Crippen LogP contribution in [0.2, 0.25) is 0 Å². The van der Waals surface area contributed by atoms with Gasteiger partial charge in [0.2, 0.25) is 0 Å². The van der Waals surface area contributed by atoms with Gasteiger partial charge in [-0.25, -0.2) is 8.42 Å². The molecule has 2 heterocycles. The maximum absolute atomic E-state index is 13.4. The van der Waals surface area contributed by atoms with Crippen LogP contribution in [0.5, 0.6) is 11.5 Å². The van der Waals surface area contributed by atoms with E-state index in [1.807, 2.05) is 0 Å². The fraction of sp³-hybridized carbons (Fsp3) is 0.450. The van der Waals surface area contributed by atoms with Crippen LogP contribution >= 0.6 is 0 Å². The zero-order valence-corrected chi connectivity index (χ0v) is 18.6. The number of anilines is 1. The first-order valence-electron chi connectivity index (χ1n) is 9.49. The molecule has 0 bridgehead atoms. The molecule has 1 fully saturated rings. The molecule has 1 N–H and O–H groups in total. The van der Waals surface area contributed by atoms with E-state index in [1.165, 1.54) is 20.3 Å². The quantitative estimate of drug-likeness (QED) is 0.742. The number of benzene rings is 1. The summed E-state index contributed by atoms with van der Waals surface area (Å²) in [6.45, 7) is 5.12. The zero-order chi connectivity index (χ0) is 22.1. The summed E-state index contributed by atoms with van der Waals surface area (Å²) in [5.74, 6) is 0.488. The third-order valence-corrected chi connectivity index (χ3v) is 6.88. The number of amides is 1. The minimum Gasteiger partial charge on any atom is -0.497 e. The van der Waals surface area contributed by atoms with Crippen molar-refractivity contribution in [1.29, 1.82) is 0 Å². The van der Waals surface area contributed by atoms with Gasteiger partial charge in [0.05, 0.1) is 38.7 Å². The second-order valence-electron chi connectivity index (χ2n) is 7.01. The molecule has 1 saturated heterocycles. The highest BCUT2D eigenvalue weighted by Gasteiger charge is 2.34. The Morgan fingerprint density at radius 1 is 1.10 bits per heavy atom. The van der Waals surface area contributed by atoms with Crippen molar-refractivity contribution in [3.63, 3.8) is 0 Å². The molecule has 0 aliphatic carbocycles. The molecule has 0 radical (unpaired) electrons. The highest BCUT2D eigenvalue weighted by Crippen LogP contribution is 2.34. The highest BCUT2D eigenvalue weighted by molar-refractivity contribution is 7.92. The molecule has 1 aromatic heterocycles. The van der Waals surface area contributed by atoms with Crippen LogP contribution < -0.4 is 14.2 Å². The third-order valence-electron chi connectivity index (χ3n) is 5.36. The van der Waals surface area contributed by atoms with Gasteiger partial charge in [-0.3, -0.25) is 9.52 Å². The number of rotatable bonds is 6. The molecule has 0 unspecified atom stereocenters. The van der Waals surface area contributed by atoms with Crippen molar-refractivity contribution in [3.05, 3.63) is 35.2 Å². The fourth-order valence-corrected chi connectivity index (χ4v) is 5.09. The van der Waals surface area contributed by atoms with E-state index in [1.54, 1.807) is 42.5 Å². The maximum atomic E-state index is 13.4. The topological polar surface area (TPSA) is 99.1 Å². The number of sulfonamides is 1. The number of methoxy groups -OCH3 is 2. The SMILES string of the molecule is COc1ccc(OC)c(NS(=O)(=O)c2c(C(=O)N3CCOCC3)c(C)n(C)c2C)c1. The predicted molar refractivity (Wildman–Crippen MR) is 112 cm³/mol. The Kier molecular flexibility index (Phi) is 6.27. The molecule has 0 atom stereocenters. The van der Waals surface area contributed by atoms with E-state index in [2.05, 4.69) is 4.72 Å². The number of hydrogen-bond donors (Lipinski definition) is 1. The molecule has 164 valence electrons. The Balaban J connectivity index is 2.08. The molecule has 0 spiro atoms. The highest BCUT2D eigenvalue weighted by atomic mass is 32.2. The number of nitrogens with zero attached hydrogens (tertiary/aromatic N) is 2. The number of hydrogen-bond acceptors (Lipinski definition) is 6. The molecule has 1 amide bonds. The summed E-state index contributed by atoms with van der Waals surface area (Å²) >= 11 is 0. The van der Waals surface area contributed by atoms with Crippen LogP contribution in [0.1, 0.15) is 21.7 Å². The summed E-state index contributed by atoms with van der Waals surface area (Å²) in [4.78, 5) is 14.8. The average Bonchev–Trinajstić information content (AvgIpc) is 2.98. The summed E-state index contributed by atoms with van der Waals surface area (Å²) in [7, 11) is 0.579. The fourth-order valence-electron chi connectivity index (χ4n) is 3.51. The lowest BCUT2D eigenvalue weighted by atomic mass is 10.2. The van der Waals surface area contributed by atoms with Gasteiger partial charge in [-0.15, -0.1) is 0 Å². The van der Waals surface area contributed by atoms with E-state index < -0.39 is 10.0 Å². The van der Waals surface area contributed by atoms with Crippen molar-refractivity contribution in [1.82, 2.24) is 9.47 Å². The molecule has 3 rings (SSSR count). The van der Waals surface area contributed by atoms with Gasteiger partial charge in [0, 0.05) is 37.6 Å². The molecule has 9 nitrogen and oxygen atoms in total. The lowest BCUT2D eigenvalue weighted by Crippen LogP contribution is -2.41. The monoisotopic (exact) mass is 437 g/mol. The molecule has 30 heavy (non-hydrogen) atoms. The van der Waals surface area contributed by atoms with E-state index in [9.17, 15) is 13.2 Å². The van der Waals surface area contributed by atoms with Gasteiger partial charge >= 0.3 is 0 Å². The smallest absolute Gasteiger partial charge is 0.264 e. The van der Waals surface area contributed by atoms with Crippen LogP contribution in [-0.4, -0.2) is 64.3 Å². The summed E-state index contributed by atoms with van der Waals surface area (Å²) in [6, 6.07) is 4.81. The van der Waals surface area contributed by atoms with Crippen molar-refractivity contribution < 1.29 is 27.4 Å². The Bertz CT molecular complexity index is 1050. The van der Waals surface area contributed by atoms with E-state index in [-0.39, 0.29) is 22.1 Å². The van der Waals surface area contributed by atoms with E-state index in [0.29, 0.717) is 49.2 Å². The van der Waals surface area contributed by atoms with Gasteiger partial charge in [0.15, 0.2) is 0 Å². The van der Waals surface area contributed by atoms with Crippen molar-refractivity contribution in [2.45, 2.75) is 18.7 Å². The van der Waals surface area contributed by atoms with Crippen LogP contribution in [0.25, 0.3) is 0 Å². The largest absolute Gasteiger partial charge is 0.497 e. The van der Waals surface area contributed by atoms with Gasteiger partial charge in [-0.05, 0) is 26.0 Å². The van der Waals surface area contributed by atoms with Crippen molar-refractivity contribution >= 4 is 21.6 Å². The number of carbonyl (C=O) groups is 1. The minimum atomic E-state index is -4.10. The van der Waals surface area contributed by atoms with Crippen LogP contribution in [0.4, 0.5) is 5.69 Å². The van der Waals surface area contributed by atoms with Gasteiger partial charge in [0.25, 0.3) is 15.9 Å². The molecule has 1 aliphatic rings. The van der Waals surface area contributed by atoms with Crippen LogP contribution in [0.3, 0.4) is 0 Å². The molecule has 0 saturated carbocycles. The molecular formula is C20H27N3O6S. The van der Waals surface area contributed by atoms with Crippen molar-refractivity contribution in [3.8, 4) is 11.5 Å². The van der Waals surface area contributed by atoms with Gasteiger partial charge < -0.3 is 23.7 Å². The number of morpholine rings is 1. The Labute approximate surface area is 176 Å². The minimum absolute atomic E-state index is 0.0381.